The average molecular weight is 265 g/mol. The fraction of sp³-hybridized carbons (Fsp3) is 0.625. The van der Waals surface area contributed by atoms with E-state index in [4.69, 9.17) is 4.74 Å². The number of hydrogen-bond acceptors (Lipinski definition) is 2. The van der Waals surface area contributed by atoms with Gasteiger partial charge in [-0.25, -0.2) is 4.39 Å². The van der Waals surface area contributed by atoms with Crippen molar-refractivity contribution in [3.05, 3.63) is 29.6 Å². The van der Waals surface area contributed by atoms with Gasteiger partial charge in [-0.05, 0) is 44.4 Å². The second-order valence-corrected chi connectivity index (χ2v) is 5.49. The predicted octanol–water partition coefficient (Wildman–Crippen LogP) is 3.68. The van der Waals surface area contributed by atoms with Crippen LogP contribution in [0.3, 0.4) is 0 Å². The molecular weight excluding hydrogens is 241 g/mol. The Morgan fingerprint density at radius 3 is 2.74 bits per heavy atom. The summed E-state index contributed by atoms with van der Waals surface area (Å²) in [5.41, 5.74) is 0.635. The van der Waals surface area contributed by atoms with E-state index in [9.17, 15) is 4.39 Å². The maximum Gasteiger partial charge on any atom is 0.167 e. The van der Waals surface area contributed by atoms with Crippen LogP contribution in [0.4, 0.5) is 4.39 Å². The highest BCUT2D eigenvalue weighted by atomic mass is 19.1. The first-order valence-corrected chi connectivity index (χ1v) is 7.27. The second kappa shape index (κ2) is 6.90. The summed E-state index contributed by atoms with van der Waals surface area (Å²) in [6.07, 6.45) is 6.47. The Morgan fingerprint density at radius 2 is 2.05 bits per heavy atom. The van der Waals surface area contributed by atoms with Gasteiger partial charge in [-0.15, -0.1) is 0 Å². The lowest BCUT2D eigenvalue weighted by molar-refractivity contribution is 0.188. The van der Waals surface area contributed by atoms with Gasteiger partial charge in [-0.2, -0.15) is 0 Å². The molecule has 2 rings (SSSR count). The van der Waals surface area contributed by atoms with Crippen LogP contribution in [0.2, 0.25) is 0 Å². The standard InChI is InChI=1S/C16H24FNO/c1-12-7-6-10-15(16(12)17)19-11-14(18-2)13-8-4-3-5-9-13/h6-7,10,13-14,18H,3-5,8-9,11H2,1-2H3. The minimum absolute atomic E-state index is 0.235. The van der Waals surface area contributed by atoms with E-state index < -0.39 is 0 Å². The van der Waals surface area contributed by atoms with Gasteiger partial charge in [0.1, 0.15) is 6.61 Å². The molecule has 1 atom stereocenters. The minimum atomic E-state index is -0.235. The van der Waals surface area contributed by atoms with Gasteiger partial charge in [-0.3, -0.25) is 0 Å². The third-order valence-electron chi connectivity index (χ3n) is 4.16. The van der Waals surface area contributed by atoms with Gasteiger partial charge in [0.05, 0.1) is 0 Å². The molecule has 1 saturated carbocycles. The highest BCUT2D eigenvalue weighted by molar-refractivity contribution is 5.30. The zero-order chi connectivity index (χ0) is 13.7. The molecule has 3 heteroatoms. The van der Waals surface area contributed by atoms with Crippen molar-refractivity contribution in [2.75, 3.05) is 13.7 Å². The number of benzene rings is 1. The fourth-order valence-corrected chi connectivity index (χ4v) is 2.90. The maximum atomic E-state index is 13.9. The molecule has 0 aliphatic heterocycles. The van der Waals surface area contributed by atoms with Crippen molar-refractivity contribution in [2.45, 2.75) is 45.1 Å². The average Bonchev–Trinajstić information content (AvgIpc) is 2.45. The molecule has 0 saturated heterocycles. The molecule has 0 radical (unpaired) electrons. The van der Waals surface area contributed by atoms with Crippen molar-refractivity contribution >= 4 is 0 Å². The van der Waals surface area contributed by atoms with Crippen LogP contribution in [-0.2, 0) is 0 Å². The van der Waals surface area contributed by atoms with E-state index in [0.717, 1.165) is 0 Å². The first-order chi connectivity index (χ1) is 9.22. The Balaban J connectivity index is 1.93. The van der Waals surface area contributed by atoms with E-state index in [1.165, 1.54) is 32.1 Å². The monoisotopic (exact) mass is 265 g/mol. The first-order valence-electron chi connectivity index (χ1n) is 7.27. The van der Waals surface area contributed by atoms with Crippen molar-refractivity contribution in [3.63, 3.8) is 0 Å². The van der Waals surface area contributed by atoms with Crippen LogP contribution in [0, 0.1) is 18.7 Å². The number of halogens is 1. The quantitative estimate of drug-likeness (QED) is 0.877. The van der Waals surface area contributed by atoms with Gasteiger partial charge < -0.3 is 10.1 Å². The molecule has 0 bridgehead atoms. The normalized spacial score (nSPS) is 18.3. The lowest BCUT2D eigenvalue weighted by atomic mass is 9.84. The van der Waals surface area contributed by atoms with Crippen molar-refractivity contribution in [3.8, 4) is 5.75 Å². The molecule has 106 valence electrons. The van der Waals surface area contributed by atoms with Crippen LogP contribution >= 0.6 is 0 Å². The molecule has 0 amide bonds. The Labute approximate surface area is 115 Å². The van der Waals surface area contributed by atoms with Crippen molar-refractivity contribution in [1.82, 2.24) is 5.32 Å². The van der Waals surface area contributed by atoms with E-state index >= 15 is 0 Å². The van der Waals surface area contributed by atoms with Crippen molar-refractivity contribution in [2.24, 2.45) is 5.92 Å². The molecule has 1 fully saturated rings. The summed E-state index contributed by atoms with van der Waals surface area (Å²) >= 11 is 0. The molecule has 1 unspecified atom stereocenters. The van der Waals surface area contributed by atoms with E-state index in [1.807, 2.05) is 13.1 Å². The molecule has 1 N–H and O–H groups in total. The zero-order valence-electron chi connectivity index (χ0n) is 11.9. The smallest absolute Gasteiger partial charge is 0.167 e. The molecule has 1 aliphatic carbocycles. The largest absolute Gasteiger partial charge is 0.489 e. The van der Waals surface area contributed by atoms with Crippen LogP contribution in [0.25, 0.3) is 0 Å². The number of hydrogen-bond donors (Lipinski definition) is 1. The highest BCUT2D eigenvalue weighted by Gasteiger charge is 2.23. The van der Waals surface area contributed by atoms with Crippen LogP contribution in [0.15, 0.2) is 18.2 Å². The van der Waals surface area contributed by atoms with E-state index in [-0.39, 0.29) is 5.82 Å². The molecule has 0 heterocycles. The summed E-state index contributed by atoms with van der Waals surface area (Å²) in [7, 11) is 1.97. The molecule has 2 nitrogen and oxygen atoms in total. The van der Waals surface area contributed by atoms with E-state index in [2.05, 4.69) is 5.32 Å². The zero-order valence-corrected chi connectivity index (χ0v) is 11.9. The van der Waals surface area contributed by atoms with Gasteiger partial charge in [0, 0.05) is 6.04 Å². The number of rotatable bonds is 5. The molecule has 0 spiro atoms. The van der Waals surface area contributed by atoms with Gasteiger partial charge in [0.15, 0.2) is 11.6 Å². The summed E-state index contributed by atoms with van der Waals surface area (Å²) in [4.78, 5) is 0. The van der Waals surface area contributed by atoms with Crippen LogP contribution in [-0.4, -0.2) is 19.7 Å². The second-order valence-electron chi connectivity index (χ2n) is 5.49. The number of nitrogens with one attached hydrogen (secondary N) is 1. The fourth-order valence-electron chi connectivity index (χ4n) is 2.90. The number of aryl methyl sites for hydroxylation is 1. The third kappa shape index (κ3) is 3.69. The summed E-state index contributed by atoms with van der Waals surface area (Å²) in [6.45, 7) is 2.31. The first kappa shape index (κ1) is 14.3. The topological polar surface area (TPSA) is 21.3 Å². The minimum Gasteiger partial charge on any atom is -0.489 e. The van der Waals surface area contributed by atoms with Crippen molar-refractivity contribution < 1.29 is 9.13 Å². The number of likely N-dealkylation sites (N-methyl/N-ethyl adjacent to an activating group) is 1. The lowest BCUT2D eigenvalue weighted by Crippen LogP contribution is -2.39. The summed E-state index contributed by atoms with van der Waals surface area (Å²) in [5, 5.41) is 3.33. The lowest BCUT2D eigenvalue weighted by Gasteiger charge is -2.30. The summed E-state index contributed by atoms with van der Waals surface area (Å²) in [5.74, 6) is 0.795. The summed E-state index contributed by atoms with van der Waals surface area (Å²) in [6, 6.07) is 5.62. The summed E-state index contributed by atoms with van der Waals surface area (Å²) < 4.78 is 19.5. The molecule has 19 heavy (non-hydrogen) atoms. The molecule has 0 aromatic heterocycles. The SMILES string of the molecule is CNC(COc1cccc(C)c1F)C1CCCCC1. The molecular formula is C16H24FNO. The third-order valence-corrected chi connectivity index (χ3v) is 4.16. The highest BCUT2D eigenvalue weighted by Crippen LogP contribution is 2.27. The predicted molar refractivity (Wildman–Crippen MR) is 76.1 cm³/mol. The Kier molecular flexibility index (Phi) is 5.20. The van der Waals surface area contributed by atoms with Crippen LogP contribution in [0.1, 0.15) is 37.7 Å². The van der Waals surface area contributed by atoms with Gasteiger partial charge in [0.2, 0.25) is 0 Å². The Bertz CT molecular complexity index is 402. The van der Waals surface area contributed by atoms with Gasteiger partial charge in [-0.1, -0.05) is 31.4 Å². The van der Waals surface area contributed by atoms with E-state index in [1.54, 1.807) is 19.1 Å². The Morgan fingerprint density at radius 1 is 1.32 bits per heavy atom. The van der Waals surface area contributed by atoms with Crippen molar-refractivity contribution in [1.29, 1.82) is 0 Å². The molecule has 1 aromatic rings. The molecule has 1 aromatic carbocycles. The maximum absolute atomic E-state index is 13.9. The Hall–Kier alpha value is -1.09. The van der Waals surface area contributed by atoms with Gasteiger partial charge >= 0.3 is 0 Å². The number of ether oxygens (including phenoxy) is 1. The van der Waals surface area contributed by atoms with Crippen LogP contribution < -0.4 is 10.1 Å². The van der Waals surface area contributed by atoms with Gasteiger partial charge in [0.25, 0.3) is 0 Å². The molecule has 1 aliphatic rings. The van der Waals surface area contributed by atoms with E-state index in [0.29, 0.717) is 29.9 Å². The van der Waals surface area contributed by atoms with Crippen LogP contribution in [0.5, 0.6) is 5.75 Å².